The van der Waals surface area contributed by atoms with Crippen molar-refractivity contribution in [1.82, 2.24) is 0 Å². The van der Waals surface area contributed by atoms with E-state index in [9.17, 15) is 9.59 Å². The Hall–Kier alpha value is -3.23. The topological polar surface area (TPSA) is 40.6 Å². The molecule has 9 heteroatoms. The molecule has 2 aromatic carbocycles. The number of anilines is 2. The molecule has 0 heterocycles. The van der Waals surface area contributed by atoms with Crippen LogP contribution in [0.2, 0.25) is 8.45 Å². The summed E-state index contributed by atoms with van der Waals surface area (Å²) in [4.78, 5) is 31.4. The molecule has 55 heavy (non-hydrogen) atoms. The van der Waals surface area contributed by atoms with Crippen LogP contribution in [0.3, 0.4) is 0 Å². The van der Waals surface area contributed by atoms with Crippen molar-refractivity contribution < 1.29 is 43.7 Å². The number of carbonyl (C=O) groups excluding carboxylic acids is 2. The molecule has 4 aliphatic rings. The first kappa shape index (κ1) is 41.4. The third-order valence-corrected chi connectivity index (χ3v) is 20.7. The Bertz CT molecular complexity index is 1720. The van der Waals surface area contributed by atoms with Crippen LogP contribution in [-0.4, -0.2) is 24.9 Å². The van der Waals surface area contributed by atoms with Crippen LogP contribution in [0.15, 0.2) is 72.9 Å². The normalized spacial score (nSPS) is 18.8. The Morgan fingerprint density at radius 1 is 0.564 bits per heavy atom. The van der Waals surface area contributed by atoms with Crippen molar-refractivity contribution >= 4 is 30.9 Å². The minimum absolute atomic E-state index is 0.0624. The van der Waals surface area contributed by atoms with Crippen molar-refractivity contribution in [2.24, 2.45) is 22.7 Å². The van der Waals surface area contributed by atoms with Gasteiger partial charge in [0.1, 0.15) is 0 Å². The number of halogens is 4. The molecular weight excluding hydrogens is 736 g/mol. The van der Waals surface area contributed by atoms with E-state index in [2.05, 4.69) is 0 Å². The SMILES string of the molecule is CC(C)(C)C(=O)N(CC1CCCCC1)c1ccc(F)[c]([Ti]([c]2c(F)ccc(N(CC3CCCCC3)C(=O)C(C)(C)C)c2F)([CH]2C=CC=C2)[CH]2C=CC=C2)c1F. The molecule has 0 radical (unpaired) electrons. The van der Waals surface area contributed by atoms with Crippen LogP contribution in [-0.2, 0) is 26.2 Å². The van der Waals surface area contributed by atoms with E-state index in [1.54, 1.807) is 90.2 Å². The van der Waals surface area contributed by atoms with Crippen molar-refractivity contribution in [3.8, 4) is 0 Å². The first-order valence-electron chi connectivity index (χ1n) is 20.4. The summed E-state index contributed by atoms with van der Waals surface area (Å²) >= 11 is -5.23. The van der Waals surface area contributed by atoms with Gasteiger partial charge in [0.15, 0.2) is 0 Å². The molecule has 0 aliphatic heterocycles. The molecule has 0 spiro atoms. The zero-order chi connectivity index (χ0) is 39.7. The van der Waals surface area contributed by atoms with Gasteiger partial charge in [0.2, 0.25) is 0 Å². The quantitative estimate of drug-likeness (QED) is 0.178. The van der Waals surface area contributed by atoms with E-state index in [0.29, 0.717) is 0 Å². The molecule has 2 saturated carbocycles. The summed E-state index contributed by atoms with van der Waals surface area (Å²) < 4.78 is 68.3. The van der Waals surface area contributed by atoms with Gasteiger partial charge < -0.3 is 0 Å². The van der Waals surface area contributed by atoms with Gasteiger partial charge in [0.25, 0.3) is 0 Å². The van der Waals surface area contributed by atoms with Crippen LogP contribution < -0.4 is 17.5 Å². The number of hydrogen-bond acceptors (Lipinski definition) is 2. The summed E-state index contributed by atoms with van der Waals surface area (Å²) in [5.41, 5.74) is -1.88. The van der Waals surface area contributed by atoms with Crippen molar-refractivity contribution in [3.05, 3.63) is 96.1 Å². The maximum atomic E-state index is 18.1. The van der Waals surface area contributed by atoms with Gasteiger partial charge in [-0.15, -0.1) is 0 Å². The summed E-state index contributed by atoms with van der Waals surface area (Å²) in [5, 5.41) is 0. The minimum atomic E-state index is -5.23. The van der Waals surface area contributed by atoms with E-state index < -0.39 is 59.1 Å². The molecule has 0 atom stereocenters. The average molecular weight is 795 g/mol. The standard InChI is InChI=1S/2C18H24F2NO.2C5H5.Ti/c2*1-18(2,3)17(22)21(12-13-7-5-4-6-8-13)16-10-9-14(19)11-15(16)20;2*1-2-4-5-3-1;/h2*9-10,13H,4-8,12H2,1-3H3;2*1-5H;. The number of rotatable bonds is 10. The van der Waals surface area contributed by atoms with E-state index in [1.807, 2.05) is 0 Å². The summed E-state index contributed by atoms with van der Waals surface area (Å²) in [6.45, 7) is 11.2. The molecule has 4 aliphatic carbocycles. The third-order valence-electron chi connectivity index (χ3n) is 12.2. The summed E-state index contributed by atoms with van der Waals surface area (Å²) in [6.07, 6.45) is 24.1. The number of allylic oxidation sites excluding steroid dienone is 8. The average Bonchev–Trinajstić information content (AvgIpc) is 3.89. The molecule has 4 nitrogen and oxygen atoms in total. The van der Waals surface area contributed by atoms with Gasteiger partial charge in [-0.25, -0.2) is 0 Å². The van der Waals surface area contributed by atoms with Crippen molar-refractivity contribution in [2.45, 2.75) is 114 Å². The first-order chi connectivity index (χ1) is 26.1. The van der Waals surface area contributed by atoms with E-state index in [-0.39, 0.29) is 55.9 Å². The van der Waals surface area contributed by atoms with Gasteiger partial charge in [-0.3, -0.25) is 0 Å². The van der Waals surface area contributed by atoms with Crippen LogP contribution >= 0.6 is 0 Å². The van der Waals surface area contributed by atoms with Gasteiger partial charge in [0, 0.05) is 0 Å². The van der Waals surface area contributed by atoms with Crippen LogP contribution in [0.1, 0.15) is 106 Å². The Morgan fingerprint density at radius 3 is 1.20 bits per heavy atom. The second-order valence-corrected chi connectivity index (χ2v) is 24.7. The van der Waals surface area contributed by atoms with Gasteiger partial charge >= 0.3 is 331 Å². The van der Waals surface area contributed by atoms with E-state index in [0.717, 1.165) is 64.2 Å². The van der Waals surface area contributed by atoms with Crippen molar-refractivity contribution in [1.29, 1.82) is 0 Å². The fourth-order valence-electron chi connectivity index (χ4n) is 9.39. The molecule has 0 saturated heterocycles. The van der Waals surface area contributed by atoms with Crippen LogP contribution in [0.4, 0.5) is 28.9 Å². The molecule has 2 amide bonds. The first-order valence-corrected chi connectivity index (χ1v) is 23.7. The molecule has 0 aromatic heterocycles. The molecule has 0 unspecified atom stereocenters. The molecule has 0 N–H and O–H groups in total. The van der Waals surface area contributed by atoms with E-state index >= 15 is 17.6 Å². The maximum absolute atomic E-state index is 18.1. The Balaban J connectivity index is 1.64. The monoisotopic (exact) mass is 794 g/mol. The van der Waals surface area contributed by atoms with Gasteiger partial charge in [-0.05, 0) is 0 Å². The molecular formula is C46H58F4N2O2Ti. The molecule has 0 bridgehead atoms. The van der Waals surface area contributed by atoms with Crippen molar-refractivity contribution in [2.75, 3.05) is 22.9 Å². The van der Waals surface area contributed by atoms with Crippen molar-refractivity contribution in [3.63, 3.8) is 0 Å². The Kier molecular flexibility index (Phi) is 12.6. The molecule has 2 aromatic rings. The summed E-state index contributed by atoms with van der Waals surface area (Å²) in [7, 11) is 0. The van der Waals surface area contributed by atoms with Gasteiger partial charge in [-0.1, -0.05) is 0 Å². The number of benzene rings is 2. The van der Waals surface area contributed by atoms with Crippen LogP contribution in [0.5, 0.6) is 0 Å². The number of carbonyl (C=O) groups is 2. The zero-order valence-corrected chi connectivity index (χ0v) is 35.0. The van der Waals surface area contributed by atoms with Gasteiger partial charge in [0.05, 0.1) is 0 Å². The Morgan fingerprint density at radius 2 is 0.891 bits per heavy atom. The second kappa shape index (κ2) is 16.7. The predicted molar refractivity (Wildman–Crippen MR) is 213 cm³/mol. The summed E-state index contributed by atoms with van der Waals surface area (Å²) in [6, 6.07) is 5.01. The van der Waals surface area contributed by atoms with E-state index in [1.165, 1.54) is 34.1 Å². The molecule has 6 rings (SSSR count). The summed E-state index contributed by atoms with van der Waals surface area (Å²) in [5.74, 6) is -3.98. The second-order valence-electron chi connectivity index (χ2n) is 18.3. The van der Waals surface area contributed by atoms with Gasteiger partial charge in [-0.2, -0.15) is 0 Å². The van der Waals surface area contributed by atoms with Crippen LogP contribution in [0.25, 0.3) is 0 Å². The predicted octanol–water partition coefficient (Wildman–Crippen LogP) is 11.1. The van der Waals surface area contributed by atoms with Crippen LogP contribution in [0, 0.1) is 45.9 Å². The third kappa shape index (κ3) is 8.28. The number of amides is 2. The number of nitrogens with zero attached hydrogens (tertiary/aromatic N) is 2. The Labute approximate surface area is 329 Å². The fourth-order valence-corrected chi connectivity index (χ4v) is 18.2. The number of hydrogen-bond donors (Lipinski definition) is 0. The molecule has 296 valence electrons. The zero-order valence-electron chi connectivity index (χ0n) is 33.4. The molecule has 2 fully saturated rings. The fraction of sp³-hybridized carbons (Fsp3) is 0.522. The van der Waals surface area contributed by atoms with E-state index in [4.69, 9.17) is 0 Å².